The number of ether oxygens (including phenoxy) is 4. The highest BCUT2D eigenvalue weighted by atomic mass is 16.6. The van der Waals surface area contributed by atoms with Gasteiger partial charge < -0.3 is 24.1 Å². The van der Waals surface area contributed by atoms with Crippen LogP contribution in [-0.4, -0.2) is 63.9 Å². The van der Waals surface area contributed by atoms with Gasteiger partial charge in [-0.05, 0) is 58.4 Å². The summed E-state index contributed by atoms with van der Waals surface area (Å²) in [6.45, 7) is 7.78. The molecule has 0 radical (unpaired) electrons. The third kappa shape index (κ3) is 4.06. The van der Waals surface area contributed by atoms with Gasteiger partial charge in [0, 0.05) is 13.3 Å². The number of hydrogen-bond acceptors (Lipinski definition) is 9. The van der Waals surface area contributed by atoms with Crippen molar-refractivity contribution >= 4 is 23.7 Å². The molecule has 0 aromatic heterocycles. The molecule has 5 rings (SSSR count). The summed E-state index contributed by atoms with van der Waals surface area (Å²) in [5, 5.41) is 12.0. The topological polar surface area (TPSA) is 125 Å². The first-order valence-corrected chi connectivity index (χ1v) is 13.4. The number of ketones is 1. The smallest absolute Gasteiger partial charge is 0.338 e. The van der Waals surface area contributed by atoms with E-state index in [0.29, 0.717) is 5.56 Å². The minimum Gasteiger partial charge on any atom is -0.458 e. The van der Waals surface area contributed by atoms with Gasteiger partial charge in [0.1, 0.15) is 17.8 Å². The van der Waals surface area contributed by atoms with E-state index in [-0.39, 0.29) is 24.2 Å². The summed E-state index contributed by atoms with van der Waals surface area (Å²) >= 11 is 0. The van der Waals surface area contributed by atoms with Crippen LogP contribution in [0.4, 0.5) is 0 Å². The molecule has 2 aliphatic carbocycles. The standard InChI is InChI=1S/C31H34O9/c1-18(32)37-22-17-29(4,36)31-24(33)21(28(2,3)40-31)16-23(38-26(34)19-12-8-6-9-13-19)30(31,5)25(22)39-27(35)20-14-10-7-11-15-20/h6-15,21-23,25,36H,16-17H2,1-5H3. The lowest BCUT2D eigenvalue weighted by Crippen LogP contribution is -2.80. The molecule has 1 spiro atoms. The molecule has 9 heteroatoms. The predicted molar refractivity (Wildman–Crippen MR) is 141 cm³/mol. The summed E-state index contributed by atoms with van der Waals surface area (Å²) in [6, 6.07) is 16.6. The van der Waals surface area contributed by atoms with Crippen LogP contribution in [0.5, 0.6) is 0 Å². The summed E-state index contributed by atoms with van der Waals surface area (Å²) < 4.78 is 24.4. The van der Waals surface area contributed by atoms with Gasteiger partial charge in [0.15, 0.2) is 17.5 Å². The first kappa shape index (κ1) is 28.0. The molecule has 1 heterocycles. The van der Waals surface area contributed by atoms with Crippen molar-refractivity contribution in [3.05, 3.63) is 71.8 Å². The Labute approximate surface area is 232 Å². The van der Waals surface area contributed by atoms with Gasteiger partial charge in [0.2, 0.25) is 0 Å². The highest BCUT2D eigenvalue weighted by Gasteiger charge is 2.83. The zero-order valence-corrected chi connectivity index (χ0v) is 23.2. The third-order valence-electron chi connectivity index (χ3n) is 8.90. The van der Waals surface area contributed by atoms with Crippen LogP contribution in [-0.2, 0) is 28.5 Å². The van der Waals surface area contributed by atoms with E-state index in [4.69, 9.17) is 18.9 Å². The maximum atomic E-state index is 14.2. The van der Waals surface area contributed by atoms with Crippen molar-refractivity contribution in [3.8, 4) is 0 Å². The lowest BCUT2D eigenvalue weighted by molar-refractivity contribution is -0.308. The second-order valence-electron chi connectivity index (χ2n) is 11.9. The molecular formula is C31H34O9. The van der Waals surface area contributed by atoms with Crippen LogP contribution in [0.3, 0.4) is 0 Å². The van der Waals surface area contributed by atoms with E-state index in [1.54, 1.807) is 81.4 Å². The molecule has 3 aliphatic rings. The summed E-state index contributed by atoms with van der Waals surface area (Å²) in [4.78, 5) is 53.3. The molecule has 2 aromatic carbocycles. The minimum atomic E-state index is -1.94. The van der Waals surface area contributed by atoms with Crippen molar-refractivity contribution in [3.63, 3.8) is 0 Å². The van der Waals surface area contributed by atoms with Gasteiger partial charge in [-0.2, -0.15) is 0 Å². The van der Waals surface area contributed by atoms with Crippen molar-refractivity contribution in [2.75, 3.05) is 0 Å². The summed E-state index contributed by atoms with van der Waals surface area (Å²) in [5.41, 5.74) is -5.96. The zero-order chi connectivity index (χ0) is 29.1. The van der Waals surface area contributed by atoms with Crippen LogP contribution in [0.2, 0.25) is 0 Å². The fourth-order valence-electron chi connectivity index (χ4n) is 7.11. The number of fused-ring (bicyclic) bond motifs is 1. The van der Waals surface area contributed by atoms with Crippen LogP contribution >= 0.6 is 0 Å². The molecule has 1 aliphatic heterocycles. The van der Waals surface area contributed by atoms with Gasteiger partial charge in [0.25, 0.3) is 0 Å². The molecule has 7 atom stereocenters. The van der Waals surface area contributed by atoms with E-state index in [1.165, 1.54) is 13.8 Å². The molecule has 2 saturated carbocycles. The molecule has 3 fully saturated rings. The lowest BCUT2D eigenvalue weighted by Gasteiger charge is -2.62. The van der Waals surface area contributed by atoms with Crippen molar-refractivity contribution in [1.29, 1.82) is 0 Å². The molecule has 1 N–H and O–H groups in total. The van der Waals surface area contributed by atoms with E-state index in [2.05, 4.69) is 0 Å². The summed E-state index contributed by atoms with van der Waals surface area (Å²) in [6.07, 6.45) is -3.71. The van der Waals surface area contributed by atoms with E-state index in [1.807, 2.05) is 0 Å². The largest absolute Gasteiger partial charge is 0.458 e. The number of carbonyl (C=O) groups is 4. The number of carbonyl (C=O) groups excluding carboxylic acids is 4. The van der Waals surface area contributed by atoms with Gasteiger partial charge in [-0.25, -0.2) is 9.59 Å². The number of Topliss-reactive ketones (excluding diaryl/α,β-unsaturated/α-hetero) is 1. The maximum absolute atomic E-state index is 14.2. The normalized spacial score (nSPS) is 35.8. The Bertz CT molecular complexity index is 1340. The average Bonchev–Trinajstić information content (AvgIpc) is 3.06. The highest BCUT2D eigenvalue weighted by Crippen LogP contribution is 2.66. The van der Waals surface area contributed by atoms with Crippen LogP contribution in [0.25, 0.3) is 0 Å². The first-order chi connectivity index (χ1) is 18.7. The average molecular weight is 551 g/mol. The van der Waals surface area contributed by atoms with Gasteiger partial charge in [-0.1, -0.05) is 36.4 Å². The Hall–Kier alpha value is -3.56. The van der Waals surface area contributed by atoms with Crippen molar-refractivity contribution < 1.29 is 43.2 Å². The van der Waals surface area contributed by atoms with E-state index in [9.17, 15) is 24.3 Å². The SMILES string of the molecule is CC(=O)OC1CC(C)(O)C23OC(C)(C)C(CC(OC(=O)c4ccccc4)C2(C)C1OC(=O)c1ccccc1)C3=O. The Morgan fingerprint density at radius 3 is 1.90 bits per heavy atom. The Kier molecular flexibility index (Phi) is 6.66. The van der Waals surface area contributed by atoms with Gasteiger partial charge in [0.05, 0.1) is 28.1 Å². The van der Waals surface area contributed by atoms with Crippen molar-refractivity contribution in [2.45, 2.75) is 82.6 Å². The fraction of sp³-hybridized carbons (Fsp3) is 0.484. The number of rotatable bonds is 5. The minimum absolute atomic E-state index is 0.0604. The van der Waals surface area contributed by atoms with Gasteiger partial charge in [-0.3, -0.25) is 9.59 Å². The number of aliphatic hydroxyl groups is 1. The second-order valence-corrected chi connectivity index (χ2v) is 11.9. The number of esters is 3. The summed E-state index contributed by atoms with van der Waals surface area (Å²) in [5.74, 6) is -3.10. The quantitative estimate of drug-likeness (QED) is 0.438. The van der Waals surface area contributed by atoms with Gasteiger partial charge in [-0.15, -0.1) is 0 Å². The van der Waals surface area contributed by atoms with E-state index in [0.717, 1.165) is 0 Å². The first-order valence-electron chi connectivity index (χ1n) is 13.4. The molecule has 212 valence electrons. The third-order valence-corrected chi connectivity index (χ3v) is 8.90. The Morgan fingerprint density at radius 2 is 1.38 bits per heavy atom. The lowest BCUT2D eigenvalue weighted by atomic mass is 9.47. The molecule has 2 aromatic rings. The Morgan fingerprint density at radius 1 is 0.850 bits per heavy atom. The van der Waals surface area contributed by atoms with Crippen molar-refractivity contribution in [1.82, 2.24) is 0 Å². The molecule has 9 nitrogen and oxygen atoms in total. The van der Waals surface area contributed by atoms with Gasteiger partial charge >= 0.3 is 17.9 Å². The van der Waals surface area contributed by atoms with Crippen molar-refractivity contribution in [2.24, 2.45) is 11.3 Å². The number of hydrogen-bond donors (Lipinski definition) is 1. The zero-order valence-electron chi connectivity index (χ0n) is 23.2. The van der Waals surface area contributed by atoms with E-state index < -0.39 is 64.4 Å². The second kappa shape index (κ2) is 9.52. The van der Waals surface area contributed by atoms with E-state index >= 15 is 0 Å². The molecule has 40 heavy (non-hydrogen) atoms. The molecule has 7 unspecified atom stereocenters. The molecular weight excluding hydrogens is 516 g/mol. The molecule has 0 amide bonds. The highest BCUT2D eigenvalue weighted by molar-refractivity contribution is 5.97. The molecule has 1 saturated heterocycles. The van der Waals surface area contributed by atoms with Crippen LogP contribution < -0.4 is 0 Å². The molecule has 2 bridgehead atoms. The van der Waals surface area contributed by atoms with Crippen LogP contribution in [0, 0.1) is 11.3 Å². The van der Waals surface area contributed by atoms with Crippen LogP contribution in [0.1, 0.15) is 68.2 Å². The predicted octanol–water partition coefficient (Wildman–Crippen LogP) is 3.67. The maximum Gasteiger partial charge on any atom is 0.338 e. The fourth-order valence-corrected chi connectivity index (χ4v) is 7.11. The van der Waals surface area contributed by atoms with Crippen LogP contribution in [0.15, 0.2) is 60.7 Å². The number of benzene rings is 2. The monoisotopic (exact) mass is 550 g/mol. The Balaban J connectivity index is 1.68. The summed E-state index contributed by atoms with van der Waals surface area (Å²) in [7, 11) is 0.